The third-order valence-electron chi connectivity index (χ3n) is 2.81. The first-order chi connectivity index (χ1) is 9.65. The van der Waals surface area contributed by atoms with Crippen LogP contribution in [0.25, 0.3) is 0 Å². The predicted molar refractivity (Wildman–Crippen MR) is 82.8 cm³/mol. The third-order valence-corrected chi connectivity index (χ3v) is 4.05. The fraction of sp³-hybridized carbons (Fsp3) is 0.267. The van der Waals surface area contributed by atoms with Gasteiger partial charge in [-0.05, 0) is 29.8 Å². The second-order valence-electron chi connectivity index (χ2n) is 4.45. The minimum Gasteiger partial charge on any atom is -0.467 e. The van der Waals surface area contributed by atoms with E-state index in [0.717, 1.165) is 16.5 Å². The topological polar surface area (TPSA) is 33.5 Å². The highest BCUT2D eigenvalue weighted by atomic mass is 35.5. The van der Waals surface area contributed by atoms with Crippen LogP contribution >= 0.6 is 23.4 Å². The monoisotopic (exact) mass is 309 g/mol. The van der Waals surface area contributed by atoms with Gasteiger partial charge >= 0.3 is 0 Å². The molecule has 1 aromatic heterocycles. The van der Waals surface area contributed by atoms with Gasteiger partial charge in [-0.3, -0.25) is 4.79 Å². The number of hydrogen-bond acceptors (Lipinski definition) is 3. The van der Waals surface area contributed by atoms with Crippen LogP contribution in [0, 0.1) is 0 Å². The Morgan fingerprint density at radius 3 is 2.70 bits per heavy atom. The van der Waals surface area contributed by atoms with E-state index in [4.69, 9.17) is 16.0 Å². The van der Waals surface area contributed by atoms with Gasteiger partial charge < -0.3 is 9.32 Å². The van der Waals surface area contributed by atoms with Gasteiger partial charge in [0.25, 0.3) is 0 Å². The zero-order valence-electron chi connectivity index (χ0n) is 11.2. The lowest BCUT2D eigenvalue weighted by Crippen LogP contribution is -2.27. The van der Waals surface area contributed by atoms with Gasteiger partial charge in [-0.1, -0.05) is 23.7 Å². The number of carbonyl (C=O) groups is 1. The summed E-state index contributed by atoms with van der Waals surface area (Å²) in [5.74, 6) is 2.15. The Balaban J connectivity index is 1.73. The van der Waals surface area contributed by atoms with E-state index >= 15 is 0 Å². The maximum atomic E-state index is 12.0. The average molecular weight is 310 g/mol. The number of benzene rings is 1. The van der Waals surface area contributed by atoms with Crippen LogP contribution < -0.4 is 0 Å². The van der Waals surface area contributed by atoms with Gasteiger partial charge in [0.05, 0.1) is 18.6 Å². The number of thioether (sulfide) groups is 1. The lowest BCUT2D eigenvalue weighted by atomic mass is 10.2. The van der Waals surface area contributed by atoms with E-state index in [-0.39, 0.29) is 5.91 Å². The van der Waals surface area contributed by atoms with Gasteiger partial charge in [-0.2, -0.15) is 0 Å². The zero-order chi connectivity index (χ0) is 14.4. The van der Waals surface area contributed by atoms with E-state index in [9.17, 15) is 4.79 Å². The highest BCUT2D eigenvalue weighted by Crippen LogP contribution is 2.16. The molecule has 2 rings (SSSR count). The molecule has 0 aliphatic heterocycles. The summed E-state index contributed by atoms with van der Waals surface area (Å²) in [6.07, 6.45) is 1.61. The number of carbonyl (C=O) groups excluding carboxylic acids is 1. The molecule has 0 aliphatic rings. The molecule has 3 nitrogen and oxygen atoms in total. The predicted octanol–water partition coefficient (Wildman–Crippen LogP) is 3.82. The molecule has 0 aliphatic carbocycles. The fourth-order valence-electron chi connectivity index (χ4n) is 1.67. The summed E-state index contributed by atoms with van der Waals surface area (Å²) in [5.41, 5.74) is 1.17. The summed E-state index contributed by atoms with van der Waals surface area (Å²) >= 11 is 7.43. The van der Waals surface area contributed by atoms with Crippen molar-refractivity contribution >= 4 is 29.3 Å². The summed E-state index contributed by atoms with van der Waals surface area (Å²) in [6.45, 7) is 0.507. The van der Waals surface area contributed by atoms with Gasteiger partial charge in [0.15, 0.2) is 0 Å². The molecule has 106 valence electrons. The first kappa shape index (κ1) is 15.0. The van der Waals surface area contributed by atoms with E-state index in [1.54, 1.807) is 30.0 Å². The highest BCUT2D eigenvalue weighted by Gasteiger charge is 2.10. The van der Waals surface area contributed by atoms with Crippen molar-refractivity contribution in [2.75, 3.05) is 12.8 Å². The number of halogens is 1. The van der Waals surface area contributed by atoms with Crippen molar-refractivity contribution < 1.29 is 9.21 Å². The van der Waals surface area contributed by atoms with Crippen LogP contribution in [0.1, 0.15) is 11.3 Å². The van der Waals surface area contributed by atoms with E-state index < -0.39 is 0 Å². The minimum absolute atomic E-state index is 0.0976. The second-order valence-corrected chi connectivity index (χ2v) is 5.87. The fourth-order valence-corrected chi connectivity index (χ4v) is 2.72. The molecule has 2 aromatic rings. The molecule has 20 heavy (non-hydrogen) atoms. The molecule has 0 unspecified atom stereocenters. The molecule has 1 aromatic carbocycles. The lowest BCUT2D eigenvalue weighted by molar-refractivity contribution is -0.127. The minimum atomic E-state index is 0.0976. The summed E-state index contributed by atoms with van der Waals surface area (Å²) in [6, 6.07) is 11.4. The quantitative estimate of drug-likeness (QED) is 0.813. The summed E-state index contributed by atoms with van der Waals surface area (Å²) in [4.78, 5) is 13.6. The molecular formula is C15H16ClNO2S. The number of nitrogens with zero attached hydrogens (tertiary/aromatic N) is 1. The van der Waals surface area contributed by atoms with Crippen LogP contribution in [0.3, 0.4) is 0 Å². The Morgan fingerprint density at radius 2 is 2.05 bits per heavy atom. The van der Waals surface area contributed by atoms with Crippen molar-refractivity contribution in [3.8, 4) is 0 Å². The molecule has 0 radical (unpaired) electrons. The van der Waals surface area contributed by atoms with Gasteiger partial charge in [0, 0.05) is 17.8 Å². The standard InChI is InChI=1S/C15H16ClNO2S/c1-17(9-14-3-2-8-19-14)15(18)11-20-10-12-4-6-13(16)7-5-12/h2-8H,9-11H2,1H3. The molecule has 0 saturated carbocycles. The van der Waals surface area contributed by atoms with Crippen molar-refractivity contribution in [3.05, 3.63) is 59.0 Å². The SMILES string of the molecule is CN(Cc1ccco1)C(=O)CSCc1ccc(Cl)cc1. The third kappa shape index (κ3) is 4.62. The van der Waals surface area contributed by atoms with Crippen LogP contribution in [0.4, 0.5) is 0 Å². The van der Waals surface area contributed by atoms with E-state index in [1.165, 1.54) is 5.56 Å². The number of amides is 1. The lowest BCUT2D eigenvalue weighted by Gasteiger charge is -2.15. The molecule has 0 atom stereocenters. The highest BCUT2D eigenvalue weighted by molar-refractivity contribution is 7.99. The number of hydrogen-bond donors (Lipinski definition) is 0. The maximum absolute atomic E-state index is 12.0. The molecule has 0 spiro atoms. The molecule has 0 N–H and O–H groups in total. The second kappa shape index (κ2) is 7.41. The first-order valence-corrected chi connectivity index (χ1v) is 7.77. The Bertz CT molecular complexity index is 540. The molecule has 0 fully saturated rings. The van der Waals surface area contributed by atoms with E-state index in [1.807, 2.05) is 36.4 Å². The normalized spacial score (nSPS) is 10.5. The smallest absolute Gasteiger partial charge is 0.232 e. The molecule has 0 bridgehead atoms. The van der Waals surface area contributed by atoms with Crippen LogP contribution in [0.15, 0.2) is 47.1 Å². The molecule has 1 heterocycles. The summed E-state index contributed by atoms with van der Waals surface area (Å²) in [5, 5.41) is 0.730. The van der Waals surface area contributed by atoms with E-state index in [2.05, 4.69) is 0 Å². The summed E-state index contributed by atoms with van der Waals surface area (Å²) < 4.78 is 5.23. The van der Waals surface area contributed by atoms with Gasteiger partial charge in [0.2, 0.25) is 5.91 Å². The van der Waals surface area contributed by atoms with Crippen LogP contribution in [-0.4, -0.2) is 23.6 Å². The van der Waals surface area contributed by atoms with Crippen molar-refractivity contribution in [1.29, 1.82) is 0 Å². The van der Waals surface area contributed by atoms with Crippen molar-refractivity contribution in [1.82, 2.24) is 4.90 Å². The van der Waals surface area contributed by atoms with Gasteiger partial charge in [0.1, 0.15) is 5.76 Å². The van der Waals surface area contributed by atoms with Crippen LogP contribution in [0.5, 0.6) is 0 Å². The van der Waals surface area contributed by atoms with Gasteiger partial charge in [-0.25, -0.2) is 0 Å². The zero-order valence-corrected chi connectivity index (χ0v) is 12.8. The van der Waals surface area contributed by atoms with Gasteiger partial charge in [-0.15, -0.1) is 11.8 Å². The average Bonchev–Trinajstić information content (AvgIpc) is 2.93. The van der Waals surface area contributed by atoms with Crippen LogP contribution in [0.2, 0.25) is 5.02 Å². The molecule has 5 heteroatoms. The molecule has 0 saturated heterocycles. The Labute approximate surface area is 127 Å². The van der Waals surface area contributed by atoms with E-state index in [0.29, 0.717) is 12.3 Å². The molecular weight excluding hydrogens is 294 g/mol. The van der Waals surface area contributed by atoms with Crippen LogP contribution in [-0.2, 0) is 17.1 Å². The number of furan rings is 1. The first-order valence-electron chi connectivity index (χ1n) is 6.23. The number of rotatable bonds is 6. The van der Waals surface area contributed by atoms with Crippen molar-refractivity contribution in [3.63, 3.8) is 0 Å². The largest absolute Gasteiger partial charge is 0.467 e. The van der Waals surface area contributed by atoms with Crippen molar-refractivity contribution in [2.24, 2.45) is 0 Å². The Hall–Kier alpha value is -1.39. The van der Waals surface area contributed by atoms with Crippen molar-refractivity contribution in [2.45, 2.75) is 12.3 Å². The Kier molecular flexibility index (Phi) is 5.56. The Morgan fingerprint density at radius 1 is 1.30 bits per heavy atom. The molecule has 1 amide bonds. The summed E-state index contributed by atoms with van der Waals surface area (Å²) in [7, 11) is 1.79. The maximum Gasteiger partial charge on any atom is 0.232 e.